The number of methoxy groups -OCH3 is 1. The number of hydrogen-bond donors (Lipinski definition) is 1. The van der Waals surface area contributed by atoms with Gasteiger partial charge in [-0.05, 0) is 36.4 Å². The van der Waals surface area contributed by atoms with Gasteiger partial charge in [-0.25, -0.2) is 0 Å². The maximum atomic E-state index is 5.15. The minimum atomic E-state index is 0.741. The summed E-state index contributed by atoms with van der Waals surface area (Å²) in [5, 5.41) is 11.0. The monoisotopic (exact) mass is 252 g/mol. The Kier molecular flexibility index (Phi) is 2.94. The Bertz CT molecular complexity index is 661. The van der Waals surface area contributed by atoms with E-state index in [0.29, 0.717) is 0 Å². The lowest BCUT2D eigenvalue weighted by atomic mass is 10.1. The summed E-state index contributed by atoms with van der Waals surface area (Å²) >= 11 is 0. The van der Waals surface area contributed by atoms with E-state index >= 15 is 0 Å². The molecule has 2 heterocycles. The van der Waals surface area contributed by atoms with Gasteiger partial charge in [-0.3, -0.25) is 4.98 Å². The number of nitrogens with one attached hydrogen (secondary N) is 1. The van der Waals surface area contributed by atoms with Gasteiger partial charge in [0.25, 0.3) is 0 Å². The molecule has 0 saturated carbocycles. The zero-order chi connectivity index (χ0) is 13.1. The molecule has 0 spiro atoms. The highest BCUT2D eigenvalue weighted by Crippen LogP contribution is 2.27. The average Bonchev–Trinajstić information content (AvgIpc) is 2.98. The van der Waals surface area contributed by atoms with Crippen LogP contribution < -0.4 is 4.74 Å². The van der Waals surface area contributed by atoms with Crippen molar-refractivity contribution < 1.29 is 4.74 Å². The average molecular weight is 252 g/mol. The van der Waals surface area contributed by atoms with E-state index in [1.807, 2.05) is 42.5 Å². The number of aromatic nitrogens is 4. The zero-order valence-electron chi connectivity index (χ0n) is 10.4. The molecule has 0 aliphatic rings. The standard InChI is InChI=1S/C14H12N4O/c1-19-11-7-5-10(6-8-11)13-14(17-18-16-13)12-4-2-3-9-15-12/h2-9H,1H3,(H,16,17,18). The van der Waals surface area contributed by atoms with Crippen molar-refractivity contribution in [1.29, 1.82) is 0 Å². The van der Waals surface area contributed by atoms with Crippen LogP contribution in [0.3, 0.4) is 0 Å². The molecular weight excluding hydrogens is 240 g/mol. The van der Waals surface area contributed by atoms with E-state index in [2.05, 4.69) is 20.4 Å². The number of rotatable bonds is 3. The third-order valence-electron chi connectivity index (χ3n) is 2.82. The van der Waals surface area contributed by atoms with E-state index in [9.17, 15) is 0 Å². The number of ether oxygens (including phenoxy) is 1. The Morgan fingerprint density at radius 1 is 0.947 bits per heavy atom. The van der Waals surface area contributed by atoms with Gasteiger partial charge in [0.15, 0.2) is 0 Å². The molecule has 0 aliphatic heterocycles. The summed E-state index contributed by atoms with van der Waals surface area (Å²) in [6.45, 7) is 0. The maximum Gasteiger partial charge on any atom is 0.139 e. The van der Waals surface area contributed by atoms with Gasteiger partial charge in [-0.2, -0.15) is 15.4 Å². The van der Waals surface area contributed by atoms with Crippen LogP contribution in [0.5, 0.6) is 5.75 Å². The highest BCUT2D eigenvalue weighted by atomic mass is 16.5. The van der Waals surface area contributed by atoms with Gasteiger partial charge in [-0.15, -0.1) is 0 Å². The highest BCUT2D eigenvalue weighted by Gasteiger charge is 2.13. The van der Waals surface area contributed by atoms with E-state index in [-0.39, 0.29) is 0 Å². The molecule has 3 aromatic rings. The molecule has 0 saturated heterocycles. The van der Waals surface area contributed by atoms with Crippen LogP contribution in [0.2, 0.25) is 0 Å². The number of H-pyrrole nitrogens is 1. The maximum absolute atomic E-state index is 5.15. The molecule has 19 heavy (non-hydrogen) atoms. The van der Waals surface area contributed by atoms with Crippen molar-refractivity contribution in [2.75, 3.05) is 7.11 Å². The molecule has 1 aromatic carbocycles. The molecule has 0 aliphatic carbocycles. The van der Waals surface area contributed by atoms with Crippen molar-refractivity contribution in [2.24, 2.45) is 0 Å². The van der Waals surface area contributed by atoms with Crippen LogP contribution in [0.1, 0.15) is 0 Å². The molecule has 0 radical (unpaired) electrons. The Balaban J connectivity index is 2.04. The van der Waals surface area contributed by atoms with E-state index < -0.39 is 0 Å². The summed E-state index contributed by atoms with van der Waals surface area (Å²) in [6, 6.07) is 13.4. The summed E-state index contributed by atoms with van der Waals surface area (Å²) in [5.74, 6) is 0.812. The van der Waals surface area contributed by atoms with Gasteiger partial charge >= 0.3 is 0 Å². The second-order valence-electron chi connectivity index (χ2n) is 3.96. The first-order valence-electron chi connectivity index (χ1n) is 5.85. The van der Waals surface area contributed by atoms with E-state index in [1.54, 1.807) is 13.3 Å². The predicted molar refractivity (Wildman–Crippen MR) is 71.6 cm³/mol. The van der Waals surface area contributed by atoms with Crippen LogP contribution >= 0.6 is 0 Å². The molecule has 0 fully saturated rings. The Hall–Kier alpha value is -2.69. The van der Waals surface area contributed by atoms with Gasteiger partial charge in [-0.1, -0.05) is 6.07 Å². The second-order valence-corrected chi connectivity index (χ2v) is 3.96. The van der Waals surface area contributed by atoms with Crippen molar-refractivity contribution >= 4 is 0 Å². The molecule has 1 N–H and O–H groups in total. The summed E-state index contributed by atoms with van der Waals surface area (Å²) in [4.78, 5) is 4.29. The first-order valence-corrected chi connectivity index (χ1v) is 5.85. The molecule has 94 valence electrons. The lowest BCUT2D eigenvalue weighted by Gasteiger charge is -2.02. The van der Waals surface area contributed by atoms with Crippen molar-refractivity contribution in [2.45, 2.75) is 0 Å². The first kappa shape index (κ1) is 11.4. The third-order valence-corrected chi connectivity index (χ3v) is 2.82. The van der Waals surface area contributed by atoms with Crippen LogP contribution in [-0.2, 0) is 0 Å². The molecule has 0 unspecified atom stereocenters. The van der Waals surface area contributed by atoms with Gasteiger partial charge in [0.05, 0.1) is 12.8 Å². The summed E-state index contributed by atoms with van der Waals surface area (Å²) < 4.78 is 5.15. The summed E-state index contributed by atoms with van der Waals surface area (Å²) in [5.41, 5.74) is 3.28. The normalized spacial score (nSPS) is 10.4. The van der Waals surface area contributed by atoms with E-state index in [1.165, 1.54) is 0 Å². The molecule has 0 bridgehead atoms. The predicted octanol–water partition coefficient (Wildman–Crippen LogP) is 2.54. The molecule has 5 nitrogen and oxygen atoms in total. The fourth-order valence-electron chi connectivity index (χ4n) is 1.86. The van der Waals surface area contributed by atoms with Crippen LogP contribution in [-0.4, -0.2) is 27.5 Å². The molecular formula is C14H12N4O. The number of benzene rings is 1. The van der Waals surface area contributed by atoms with Gasteiger partial charge in [0.2, 0.25) is 0 Å². The molecule has 0 atom stereocenters. The molecule has 2 aromatic heterocycles. The van der Waals surface area contributed by atoms with Crippen LogP contribution in [0.25, 0.3) is 22.6 Å². The second kappa shape index (κ2) is 4.89. The number of nitrogens with zero attached hydrogens (tertiary/aromatic N) is 3. The Labute approximate surface area is 110 Å². The van der Waals surface area contributed by atoms with E-state index in [0.717, 1.165) is 28.4 Å². The third kappa shape index (κ3) is 2.18. The smallest absolute Gasteiger partial charge is 0.139 e. The van der Waals surface area contributed by atoms with E-state index in [4.69, 9.17) is 4.74 Å². The quantitative estimate of drug-likeness (QED) is 0.778. The van der Waals surface area contributed by atoms with Crippen molar-refractivity contribution in [1.82, 2.24) is 20.4 Å². The largest absolute Gasteiger partial charge is 0.497 e. The lowest BCUT2D eigenvalue weighted by Crippen LogP contribution is -1.87. The minimum absolute atomic E-state index is 0.741. The lowest BCUT2D eigenvalue weighted by molar-refractivity contribution is 0.415. The number of aromatic amines is 1. The van der Waals surface area contributed by atoms with Crippen molar-refractivity contribution in [3.8, 4) is 28.4 Å². The topological polar surface area (TPSA) is 63.7 Å². The summed E-state index contributed by atoms with van der Waals surface area (Å²) in [7, 11) is 1.64. The van der Waals surface area contributed by atoms with Crippen molar-refractivity contribution in [3.63, 3.8) is 0 Å². The van der Waals surface area contributed by atoms with Gasteiger partial charge in [0.1, 0.15) is 17.1 Å². The minimum Gasteiger partial charge on any atom is -0.497 e. The Morgan fingerprint density at radius 3 is 2.42 bits per heavy atom. The molecule has 5 heteroatoms. The van der Waals surface area contributed by atoms with Crippen LogP contribution in [0, 0.1) is 0 Å². The van der Waals surface area contributed by atoms with Crippen LogP contribution in [0.15, 0.2) is 48.7 Å². The molecule has 0 amide bonds. The van der Waals surface area contributed by atoms with Crippen molar-refractivity contribution in [3.05, 3.63) is 48.7 Å². The zero-order valence-corrected chi connectivity index (χ0v) is 10.4. The SMILES string of the molecule is COc1ccc(-c2n[nH]nc2-c2ccccn2)cc1. The highest BCUT2D eigenvalue weighted by molar-refractivity contribution is 5.75. The Morgan fingerprint density at radius 2 is 1.74 bits per heavy atom. The fourth-order valence-corrected chi connectivity index (χ4v) is 1.86. The van der Waals surface area contributed by atoms with Gasteiger partial charge < -0.3 is 4.74 Å². The van der Waals surface area contributed by atoms with Gasteiger partial charge in [0, 0.05) is 11.8 Å². The number of hydrogen-bond acceptors (Lipinski definition) is 4. The number of pyridine rings is 1. The fraction of sp³-hybridized carbons (Fsp3) is 0.0714. The molecule has 3 rings (SSSR count). The summed E-state index contributed by atoms with van der Waals surface area (Å²) in [6.07, 6.45) is 1.74. The first-order chi connectivity index (χ1) is 9.38. The van der Waals surface area contributed by atoms with Crippen LogP contribution in [0.4, 0.5) is 0 Å².